The van der Waals surface area contributed by atoms with E-state index in [9.17, 15) is 8.42 Å². The molecule has 1 aromatic rings. The van der Waals surface area contributed by atoms with Gasteiger partial charge in [-0.15, -0.1) is 0 Å². The SMILES string of the molecule is CC(C)SCCS(=O)(=O)Oc1ccc(C(C)(C)C)cc1. The van der Waals surface area contributed by atoms with E-state index in [1.54, 1.807) is 23.9 Å². The summed E-state index contributed by atoms with van der Waals surface area (Å²) in [6.45, 7) is 10.4. The van der Waals surface area contributed by atoms with E-state index in [1.807, 2.05) is 26.0 Å². The van der Waals surface area contributed by atoms with E-state index in [0.717, 1.165) is 5.56 Å². The van der Waals surface area contributed by atoms with Crippen LogP contribution in [0.25, 0.3) is 0 Å². The lowest BCUT2D eigenvalue weighted by molar-refractivity contribution is 0.487. The molecule has 3 nitrogen and oxygen atoms in total. The van der Waals surface area contributed by atoms with Crippen LogP contribution in [0.2, 0.25) is 0 Å². The lowest BCUT2D eigenvalue weighted by atomic mass is 9.87. The average molecular weight is 316 g/mol. The molecule has 0 unspecified atom stereocenters. The lowest BCUT2D eigenvalue weighted by Crippen LogP contribution is -2.16. The molecule has 0 aliphatic rings. The summed E-state index contributed by atoms with van der Waals surface area (Å²) in [7, 11) is -3.50. The van der Waals surface area contributed by atoms with Crippen molar-refractivity contribution in [2.75, 3.05) is 11.5 Å². The van der Waals surface area contributed by atoms with Crippen LogP contribution in [0.4, 0.5) is 0 Å². The van der Waals surface area contributed by atoms with Crippen molar-refractivity contribution in [2.24, 2.45) is 0 Å². The third-order valence-electron chi connectivity index (χ3n) is 2.73. The van der Waals surface area contributed by atoms with E-state index in [4.69, 9.17) is 4.18 Å². The molecule has 0 spiro atoms. The average Bonchev–Trinajstić information content (AvgIpc) is 2.26. The van der Waals surface area contributed by atoms with Crippen molar-refractivity contribution in [1.29, 1.82) is 0 Å². The molecule has 1 aromatic carbocycles. The van der Waals surface area contributed by atoms with E-state index in [0.29, 0.717) is 16.8 Å². The van der Waals surface area contributed by atoms with Crippen molar-refractivity contribution in [3.8, 4) is 5.75 Å². The summed E-state index contributed by atoms with van der Waals surface area (Å²) in [4.78, 5) is 0. The van der Waals surface area contributed by atoms with Crippen molar-refractivity contribution in [2.45, 2.75) is 45.3 Å². The highest BCUT2D eigenvalue weighted by Gasteiger charge is 2.16. The summed E-state index contributed by atoms with van der Waals surface area (Å²) in [5, 5.41) is 0.427. The Bertz CT molecular complexity index is 511. The molecule has 0 aliphatic heterocycles. The fraction of sp³-hybridized carbons (Fsp3) is 0.600. The minimum absolute atomic E-state index is 0.0386. The third kappa shape index (κ3) is 6.18. The van der Waals surface area contributed by atoms with Crippen LogP contribution in [0.1, 0.15) is 40.2 Å². The molecule has 5 heteroatoms. The molecular weight excluding hydrogens is 292 g/mol. The van der Waals surface area contributed by atoms with Gasteiger partial charge in [-0.3, -0.25) is 0 Å². The maximum atomic E-state index is 11.8. The van der Waals surface area contributed by atoms with Crippen LogP contribution in [0.15, 0.2) is 24.3 Å². The summed E-state index contributed by atoms with van der Waals surface area (Å²) in [6, 6.07) is 7.25. The number of benzene rings is 1. The normalized spacial score (nSPS) is 12.7. The Labute approximate surface area is 127 Å². The van der Waals surface area contributed by atoms with Gasteiger partial charge in [-0.05, 0) is 28.4 Å². The fourth-order valence-electron chi connectivity index (χ4n) is 1.58. The quantitative estimate of drug-likeness (QED) is 0.748. The highest BCUT2D eigenvalue weighted by Crippen LogP contribution is 2.25. The Hall–Kier alpha value is -0.680. The molecule has 0 aliphatic carbocycles. The molecule has 0 amide bonds. The van der Waals surface area contributed by atoms with E-state index >= 15 is 0 Å². The summed E-state index contributed by atoms with van der Waals surface area (Å²) >= 11 is 1.62. The third-order valence-corrected chi connectivity index (χ3v) is 5.24. The number of hydrogen-bond acceptors (Lipinski definition) is 4. The summed E-state index contributed by atoms with van der Waals surface area (Å²) < 4.78 is 28.8. The van der Waals surface area contributed by atoms with E-state index in [1.165, 1.54) is 0 Å². The molecule has 0 aromatic heterocycles. The zero-order valence-corrected chi connectivity index (χ0v) is 14.5. The summed E-state index contributed by atoms with van der Waals surface area (Å²) in [5.74, 6) is 0.976. The first kappa shape index (κ1) is 17.4. The van der Waals surface area contributed by atoms with Crippen LogP contribution in [-0.4, -0.2) is 25.2 Å². The monoisotopic (exact) mass is 316 g/mol. The second-order valence-corrected chi connectivity index (χ2v) is 9.41. The molecule has 0 heterocycles. The molecular formula is C15H24O3S2. The van der Waals surface area contributed by atoms with Gasteiger partial charge in [-0.1, -0.05) is 46.8 Å². The fourth-order valence-corrected chi connectivity index (χ4v) is 3.75. The second-order valence-electron chi connectivity index (χ2n) is 6.04. The van der Waals surface area contributed by atoms with Gasteiger partial charge < -0.3 is 4.18 Å². The predicted octanol–water partition coefficient (Wildman–Crippen LogP) is 3.83. The first-order valence-electron chi connectivity index (χ1n) is 6.74. The number of rotatable bonds is 6. The van der Waals surface area contributed by atoms with Crippen molar-refractivity contribution in [3.05, 3.63) is 29.8 Å². The molecule has 0 bridgehead atoms. The largest absolute Gasteiger partial charge is 0.382 e. The Morgan fingerprint density at radius 3 is 2.15 bits per heavy atom. The number of hydrogen-bond donors (Lipinski definition) is 0. The molecule has 0 atom stereocenters. The Kier molecular flexibility index (Phi) is 5.95. The maximum Gasteiger partial charge on any atom is 0.309 e. The van der Waals surface area contributed by atoms with Crippen LogP contribution in [0, 0.1) is 0 Å². The van der Waals surface area contributed by atoms with Gasteiger partial charge in [0.25, 0.3) is 0 Å². The van der Waals surface area contributed by atoms with Gasteiger partial charge in [0, 0.05) is 5.75 Å². The molecule has 20 heavy (non-hydrogen) atoms. The van der Waals surface area contributed by atoms with Gasteiger partial charge in [0.15, 0.2) is 0 Å². The smallest absolute Gasteiger partial charge is 0.309 e. The topological polar surface area (TPSA) is 43.4 Å². The zero-order chi connectivity index (χ0) is 15.4. The second kappa shape index (κ2) is 6.85. The van der Waals surface area contributed by atoms with Gasteiger partial charge in [0.2, 0.25) is 0 Å². The Morgan fingerprint density at radius 2 is 1.70 bits per heavy atom. The molecule has 0 fully saturated rings. The van der Waals surface area contributed by atoms with Gasteiger partial charge in [-0.25, -0.2) is 0 Å². The van der Waals surface area contributed by atoms with Crippen molar-refractivity contribution in [3.63, 3.8) is 0 Å². The highest BCUT2D eigenvalue weighted by atomic mass is 32.2. The van der Waals surface area contributed by atoms with Crippen molar-refractivity contribution >= 4 is 21.9 Å². The minimum Gasteiger partial charge on any atom is -0.382 e. The molecule has 0 saturated carbocycles. The Morgan fingerprint density at radius 1 is 1.15 bits per heavy atom. The summed E-state index contributed by atoms with van der Waals surface area (Å²) in [5.41, 5.74) is 1.20. The van der Waals surface area contributed by atoms with Gasteiger partial charge in [0.05, 0.1) is 5.75 Å². The predicted molar refractivity (Wildman–Crippen MR) is 87.2 cm³/mol. The number of thioether (sulfide) groups is 1. The summed E-state index contributed by atoms with van der Waals surface area (Å²) in [6.07, 6.45) is 0. The standard InChI is InChI=1S/C15H24O3S2/c1-12(2)19-10-11-20(16,17)18-14-8-6-13(7-9-14)15(3,4)5/h6-9,12H,10-11H2,1-5H3. The molecule has 1 rings (SSSR count). The van der Waals surface area contributed by atoms with E-state index in [-0.39, 0.29) is 11.2 Å². The first-order chi connectivity index (χ1) is 9.10. The highest BCUT2D eigenvalue weighted by molar-refractivity contribution is 8.00. The van der Waals surface area contributed by atoms with E-state index < -0.39 is 10.1 Å². The minimum atomic E-state index is -3.50. The van der Waals surface area contributed by atoms with Gasteiger partial charge >= 0.3 is 10.1 Å². The van der Waals surface area contributed by atoms with E-state index in [2.05, 4.69) is 20.8 Å². The van der Waals surface area contributed by atoms with Crippen LogP contribution < -0.4 is 4.18 Å². The molecule has 0 radical (unpaired) electrons. The van der Waals surface area contributed by atoms with Crippen LogP contribution in [0.3, 0.4) is 0 Å². The van der Waals surface area contributed by atoms with Crippen molar-refractivity contribution < 1.29 is 12.6 Å². The van der Waals surface area contributed by atoms with Crippen LogP contribution in [-0.2, 0) is 15.5 Å². The first-order valence-corrected chi connectivity index (χ1v) is 9.37. The van der Waals surface area contributed by atoms with Gasteiger partial charge in [-0.2, -0.15) is 20.2 Å². The molecule has 0 saturated heterocycles. The zero-order valence-electron chi connectivity index (χ0n) is 12.8. The maximum absolute atomic E-state index is 11.8. The van der Waals surface area contributed by atoms with Gasteiger partial charge in [0.1, 0.15) is 5.75 Å². The molecule has 0 N–H and O–H groups in total. The van der Waals surface area contributed by atoms with Crippen molar-refractivity contribution in [1.82, 2.24) is 0 Å². The lowest BCUT2D eigenvalue weighted by Gasteiger charge is -2.19. The van der Waals surface area contributed by atoms with Crippen LogP contribution in [0.5, 0.6) is 5.75 Å². The Balaban J connectivity index is 2.64. The molecule has 114 valence electrons. The van der Waals surface area contributed by atoms with Crippen LogP contribution >= 0.6 is 11.8 Å².